The van der Waals surface area contributed by atoms with Crippen LogP contribution in [0.1, 0.15) is 25.7 Å². The molecule has 6 nitrogen and oxygen atoms in total. The highest BCUT2D eigenvalue weighted by molar-refractivity contribution is 4.96. The Labute approximate surface area is 144 Å². The van der Waals surface area contributed by atoms with Gasteiger partial charge in [0, 0.05) is 14.2 Å². The third-order valence-corrected chi connectivity index (χ3v) is 4.54. The fraction of sp³-hybridized carbons (Fsp3) is 0.778. The third kappa shape index (κ3) is 5.12. The van der Waals surface area contributed by atoms with Gasteiger partial charge in [0.15, 0.2) is 0 Å². The van der Waals surface area contributed by atoms with E-state index >= 15 is 0 Å². The Morgan fingerprint density at radius 2 is 1.25 bits per heavy atom. The summed E-state index contributed by atoms with van der Waals surface area (Å²) in [7, 11) is 3.21. The normalized spacial score (nSPS) is 32.6. The van der Waals surface area contributed by atoms with Gasteiger partial charge in [-0.15, -0.1) is 13.2 Å². The summed E-state index contributed by atoms with van der Waals surface area (Å²) in [5.74, 6) is 0. The molecule has 6 atom stereocenters. The van der Waals surface area contributed by atoms with Crippen LogP contribution in [-0.4, -0.2) is 64.4 Å². The lowest BCUT2D eigenvalue weighted by Crippen LogP contribution is -2.34. The van der Waals surface area contributed by atoms with Crippen LogP contribution in [0.2, 0.25) is 0 Å². The van der Waals surface area contributed by atoms with E-state index in [1.807, 2.05) is 0 Å². The third-order valence-electron chi connectivity index (χ3n) is 4.54. The van der Waals surface area contributed by atoms with Crippen LogP contribution in [0.4, 0.5) is 0 Å². The smallest absolute Gasteiger partial charge is 0.147 e. The molecular weight excluding hydrogens is 312 g/mol. The highest BCUT2D eigenvalue weighted by Gasteiger charge is 2.41. The summed E-state index contributed by atoms with van der Waals surface area (Å²) in [4.78, 5) is 0. The molecule has 0 bridgehead atoms. The van der Waals surface area contributed by atoms with Gasteiger partial charge in [0.1, 0.15) is 25.8 Å². The quantitative estimate of drug-likeness (QED) is 0.425. The Kier molecular flexibility index (Phi) is 8.38. The summed E-state index contributed by atoms with van der Waals surface area (Å²) in [5, 5.41) is 0. The minimum atomic E-state index is -0.155. The van der Waals surface area contributed by atoms with Crippen molar-refractivity contribution in [3.63, 3.8) is 0 Å². The maximum Gasteiger partial charge on any atom is 0.147 e. The van der Waals surface area contributed by atoms with Gasteiger partial charge in [-0.2, -0.15) is 0 Å². The Morgan fingerprint density at radius 3 is 1.58 bits per heavy atom. The Balaban J connectivity index is 1.81. The molecule has 2 aliphatic rings. The molecule has 2 fully saturated rings. The zero-order valence-electron chi connectivity index (χ0n) is 14.7. The molecule has 2 rings (SSSR count). The second-order valence-electron chi connectivity index (χ2n) is 6.13. The molecule has 2 heterocycles. The molecular formula is C18H30O6. The lowest BCUT2D eigenvalue weighted by atomic mass is 10.0. The highest BCUT2D eigenvalue weighted by Crippen LogP contribution is 2.34. The van der Waals surface area contributed by atoms with Gasteiger partial charge in [-0.25, -0.2) is 0 Å². The van der Waals surface area contributed by atoms with E-state index in [0.717, 1.165) is 25.7 Å². The second-order valence-corrected chi connectivity index (χ2v) is 6.13. The summed E-state index contributed by atoms with van der Waals surface area (Å²) in [6.07, 6.45) is 7.20. The van der Waals surface area contributed by atoms with Crippen molar-refractivity contribution >= 4 is 0 Å². The first-order valence-corrected chi connectivity index (χ1v) is 8.50. The van der Waals surface area contributed by atoms with E-state index in [2.05, 4.69) is 13.2 Å². The van der Waals surface area contributed by atoms with Crippen molar-refractivity contribution in [3.05, 3.63) is 25.3 Å². The molecule has 0 aromatic rings. The summed E-state index contributed by atoms with van der Waals surface area (Å²) >= 11 is 0. The predicted octanol–water partition coefficient (Wildman–Crippen LogP) is 2.43. The second kappa shape index (κ2) is 10.3. The van der Waals surface area contributed by atoms with Crippen LogP contribution in [0.15, 0.2) is 25.3 Å². The molecule has 0 amide bonds. The van der Waals surface area contributed by atoms with E-state index in [1.165, 1.54) is 0 Å². The number of rotatable bonds is 11. The molecule has 24 heavy (non-hydrogen) atoms. The van der Waals surface area contributed by atoms with Crippen molar-refractivity contribution < 1.29 is 28.4 Å². The molecule has 0 spiro atoms. The predicted molar refractivity (Wildman–Crippen MR) is 89.7 cm³/mol. The number of hydrogen-bond donors (Lipinski definition) is 0. The highest BCUT2D eigenvalue weighted by atomic mass is 16.7. The van der Waals surface area contributed by atoms with Crippen molar-refractivity contribution in [2.75, 3.05) is 27.8 Å². The van der Waals surface area contributed by atoms with Gasteiger partial charge in [-0.1, -0.05) is 12.2 Å². The SMILES string of the molecule is C=C[C@@H](OCOC)[C@@H]1CC[C@H]([C@H]2CC[C@@H]([C@@H](C=C)OCOC)O2)O1. The maximum absolute atomic E-state index is 6.17. The molecule has 138 valence electrons. The largest absolute Gasteiger partial charge is 0.369 e. The van der Waals surface area contributed by atoms with Gasteiger partial charge >= 0.3 is 0 Å². The van der Waals surface area contributed by atoms with E-state index in [4.69, 9.17) is 28.4 Å². The van der Waals surface area contributed by atoms with E-state index in [0.29, 0.717) is 0 Å². The van der Waals surface area contributed by atoms with Crippen LogP contribution < -0.4 is 0 Å². The fourth-order valence-electron chi connectivity index (χ4n) is 3.36. The monoisotopic (exact) mass is 342 g/mol. The summed E-state index contributed by atoms with van der Waals surface area (Å²) in [6.45, 7) is 8.12. The number of methoxy groups -OCH3 is 2. The Morgan fingerprint density at radius 1 is 0.833 bits per heavy atom. The van der Waals surface area contributed by atoms with Gasteiger partial charge in [0.2, 0.25) is 0 Å². The molecule has 0 N–H and O–H groups in total. The molecule has 0 saturated carbocycles. The van der Waals surface area contributed by atoms with Crippen molar-refractivity contribution in [2.45, 2.75) is 62.3 Å². The van der Waals surface area contributed by atoms with Gasteiger partial charge in [0.25, 0.3) is 0 Å². The van der Waals surface area contributed by atoms with Crippen LogP contribution >= 0.6 is 0 Å². The van der Waals surface area contributed by atoms with Gasteiger partial charge in [0.05, 0.1) is 24.4 Å². The van der Waals surface area contributed by atoms with Crippen molar-refractivity contribution in [2.24, 2.45) is 0 Å². The van der Waals surface area contributed by atoms with Crippen molar-refractivity contribution in [1.82, 2.24) is 0 Å². The lowest BCUT2D eigenvalue weighted by molar-refractivity contribution is -0.141. The summed E-state index contributed by atoms with van der Waals surface area (Å²) < 4.78 is 33.5. The van der Waals surface area contributed by atoms with Crippen LogP contribution in [0.25, 0.3) is 0 Å². The standard InChI is InChI=1S/C18H30O6/c1-5-13(21-11-19-3)15-7-9-17(23-15)18-10-8-16(24-18)14(6-2)22-12-20-4/h5-6,13-18H,1-2,7-12H2,3-4H3/t13-,14-,15+,16+,17-,18-/m1/s1. The van der Waals surface area contributed by atoms with Crippen molar-refractivity contribution in [1.29, 1.82) is 0 Å². The molecule has 2 saturated heterocycles. The lowest BCUT2D eigenvalue weighted by Gasteiger charge is -2.25. The maximum atomic E-state index is 6.17. The summed E-state index contributed by atoms with van der Waals surface area (Å²) in [5.41, 5.74) is 0. The average molecular weight is 342 g/mol. The first-order chi connectivity index (χ1) is 11.7. The Hall–Kier alpha value is -0.760. The van der Waals surface area contributed by atoms with E-state index < -0.39 is 0 Å². The van der Waals surface area contributed by atoms with E-state index in [-0.39, 0.29) is 50.2 Å². The Bertz CT molecular complexity index is 352. The molecule has 0 aromatic heterocycles. The minimum absolute atomic E-state index is 0.00485. The first-order valence-electron chi connectivity index (χ1n) is 8.50. The zero-order valence-corrected chi connectivity index (χ0v) is 14.7. The van der Waals surface area contributed by atoms with Gasteiger partial charge in [-0.05, 0) is 25.7 Å². The van der Waals surface area contributed by atoms with Crippen LogP contribution in [-0.2, 0) is 28.4 Å². The molecule has 0 aromatic carbocycles. The van der Waals surface area contributed by atoms with E-state index in [9.17, 15) is 0 Å². The average Bonchev–Trinajstić information content (AvgIpc) is 3.26. The zero-order chi connectivity index (χ0) is 17.4. The minimum Gasteiger partial charge on any atom is -0.369 e. The molecule has 6 heteroatoms. The van der Waals surface area contributed by atoms with Crippen LogP contribution in [0, 0.1) is 0 Å². The van der Waals surface area contributed by atoms with Gasteiger partial charge in [-0.3, -0.25) is 0 Å². The number of ether oxygens (including phenoxy) is 6. The molecule has 2 aliphatic heterocycles. The molecule has 0 aliphatic carbocycles. The van der Waals surface area contributed by atoms with Gasteiger partial charge < -0.3 is 28.4 Å². The number of hydrogen-bond acceptors (Lipinski definition) is 6. The van der Waals surface area contributed by atoms with E-state index in [1.54, 1.807) is 26.4 Å². The first kappa shape index (κ1) is 19.6. The molecule has 0 radical (unpaired) electrons. The van der Waals surface area contributed by atoms with Crippen LogP contribution in [0.3, 0.4) is 0 Å². The fourth-order valence-corrected chi connectivity index (χ4v) is 3.36. The van der Waals surface area contributed by atoms with Crippen LogP contribution in [0.5, 0.6) is 0 Å². The topological polar surface area (TPSA) is 55.4 Å². The molecule has 0 unspecified atom stereocenters. The summed E-state index contributed by atoms with van der Waals surface area (Å²) in [6, 6.07) is 0. The van der Waals surface area contributed by atoms with Crippen molar-refractivity contribution in [3.8, 4) is 0 Å².